The molecule has 0 bridgehead atoms. The Morgan fingerprint density at radius 2 is 0.796 bits per heavy atom. The Bertz CT molecular complexity index is 1550. The molecule has 0 N–H and O–H groups in total. The van der Waals surface area contributed by atoms with E-state index in [-0.39, 0.29) is 12.2 Å². The first-order valence-electron chi connectivity index (χ1n) is 18.9. The van der Waals surface area contributed by atoms with Gasteiger partial charge in [0.15, 0.2) is 0 Å². The lowest BCUT2D eigenvalue weighted by Crippen LogP contribution is -2.15. The number of benzene rings is 4. The molecule has 4 aromatic carbocycles. The maximum absolute atomic E-state index is 9.52. The zero-order chi connectivity index (χ0) is 34.0. The molecule has 252 valence electrons. The molecule has 3 heteroatoms. The second-order valence-electron chi connectivity index (χ2n) is 14.7. The van der Waals surface area contributed by atoms with E-state index in [1.54, 1.807) is 0 Å². The van der Waals surface area contributed by atoms with Gasteiger partial charge in [-0.15, -0.1) is 0 Å². The van der Waals surface area contributed by atoms with E-state index in [1.165, 1.54) is 88.2 Å². The van der Waals surface area contributed by atoms with Crippen molar-refractivity contribution in [2.45, 2.75) is 115 Å². The van der Waals surface area contributed by atoms with Gasteiger partial charge >= 0.3 is 0 Å². The van der Waals surface area contributed by atoms with Crippen LogP contribution in [-0.4, -0.2) is 0 Å². The highest BCUT2D eigenvalue weighted by atomic mass is 16.5. The van der Waals surface area contributed by atoms with Crippen molar-refractivity contribution in [3.8, 4) is 12.1 Å². The summed E-state index contributed by atoms with van der Waals surface area (Å²) >= 11 is 0. The Morgan fingerprint density at radius 1 is 0.490 bits per heavy atom. The van der Waals surface area contributed by atoms with E-state index >= 15 is 0 Å². The fraction of sp³-hybridized carbons (Fsp3) is 0.435. The van der Waals surface area contributed by atoms with Crippen LogP contribution in [0.2, 0.25) is 0 Å². The van der Waals surface area contributed by atoms with Crippen molar-refractivity contribution in [1.82, 2.24) is 0 Å². The third kappa shape index (κ3) is 8.71. The summed E-state index contributed by atoms with van der Waals surface area (Å²) in [5.74, 6) is 3.04. The standard InChI is InChI=1S/C46H52N2O/c1-3-5-33-7-15-37(16-8-33)39-23-27-43(28-24-39)45(41-19-11-35(31-47)12-20-41)49-46(42-21-13-36(32-48)14-22-42)44-29-25-40(26-30-44)38-17-9-34(6-4-2)10-18-38/h11-14,19-30,33-34,37-38,45-46H,3-10,15-18H2,1-2H3. The van der Waals surface area contributed by atoms with E-state index in [9.17, 15) is 10.5 Å². The molecule has 2 aliphatic rings. The number of nitrogens with zero attached hydrogens (tertiary/aromatic N) is 2. The van der Waals surface area contributed by atoms with E-state index in [2.05, 4.69) is 74.5 Å². The molecule has 2 atom stereocenters. The summed E-state index contributed by atoms with van der Waals surface area (Å²) < 4.78 is 7.23. The minimum Gasteiger partial charge on any atom is -0.356 e. The van der Waals surface area contributed by atoms with Gasteiger partial charge in [0.25, 0.3) is 0 Å². The van der Waals surface area contributed by atoms with E-state index in [0.29, 0.717) is 23.0 Å². The third-order valence-electron chi connectivity index (χ3n) is 11.5. The number of hydrogen-bond donors (Lipinski definition) is 0. The monoisotopic (exact) mass is 648 g/mol. The lowest BCUT2D eigenvalue weighted by atomic mass is 9.77. The minimum atomic E-state index is -0.337. The second-order valence-corrected chi connectivity index (χ2v) is 14.7. The van der Waals surface area contributed by atoms with Crippen LogP contribution < -0.4 is 0 Å². The zero-order valence-corrected chi connectivity index (χ0v) is 29.5. The molecule has 2 aliphatic carbocycles. The fourth-order valence-electron chi connectivity index (χ4n) is 8.57. The highest BCUT2D eigenvalue weighted by Gasteiger charge is 2.27. The van der Waals surface area contributed by atoms with Crippen LogP contribution in [0.3, 0.4) is 0 Å². The first kappa shape index (κ1) is 34.7. The molecule has 2 saturated carbocycles. The average Bonchev–Trinajstić information content (AvgIpc) is 3.17. The summed E-state index contributed by atoms with van der Waals surface area (Å²) in [5.41, 5.74) is 8.38. The van der Waals surface area contributed by atoms with Crippen molar-refractivity contribution in [3.05, 3.63) is 142 Å². The van der Waals surface area contributed by atoms with Crippen LogP contribution in [0.25, 0.3) is 0 Å². The molecule has 2 unspecified atom stereocenters. The maximum atomic E-state index is 9.52. The zero-order valence-electron chi connectivity index (χ0n) is 29.5. The molecule has 0 aromatic heterocycles. The summed E-state index contributed by atoms with van der Waals surface area (Å²) in [6, 6.07) is 38.5. The van der Waals surface area contributed by atoms with Crippen molar-refractivity contribution in [1.29, 1.82) is 10.5 Å². The quantitative estimate of drug-likeness (QED) is 0.154. The van der Waals surface area contributed by atoms with E-state index < -0.39 is 0 Å². The van der Waals surface area contributed by atoms with Crippen molar-refractivity contribution in [3.63, 3.8) is 0 Å². The summed E-state index contributed by atoms with van der Waals surface area (Å²) in [6.45, 7) is 4.61. The largest absolute Gasteiger partial charge is 0.356 e. The summed E-state index contributed by atoms with van der Waals surface area (Å²) in [5, 5.41) is 19.0. The van der Waals surface area contributed by atoms with Gasteiger partial charge < -0.3 is 4.74 Å². The van der Waals surface area contributed by atoms with E-state index in [4.69, 9.17) is 4.74 Å². The molecule has 6 rings (SSSR count). The summed E-state index contributed by atoms with van der Waals surface area (Å²) in [4.78, 5) is 0. The van der Waals surface area contributed by atoms with Crippen LogP contribution >= 0.6 is 0 Å². The van der Waals surface area contributed by atoms with Crippen LogP contribution in [-0.2, 0) is 4.74 Å². The number of hydrogen-bond acceptors (Lipinski definition) is 3. The Hall–Kier alpha value is -4.18. The van der Waals surface area contributed by atoms with Crippen molar-refractivity contribution < 1.29 is 4.74 Å². The lowest BCUT2D eigenvalue weighted by molar-refractivity contribution is 0.0308. The number of ether oxygens (including phenoxy) is 1. The molecular weight excluding hydrogens is 597 g/mol. The van der Waals surface area contributed by atoms with Crippen LogP contribution in [0.4, 0.5) is 0 Å². The molecule has 4 aromatic rings. The Labute approximate surface area is 295 Å². The third-order valence-corrected chi connectivity index (χ3v) is 11.5. The van der Waals surface area contributed by atoms with Crippen molar-refractivity contribution in [2.75, 3.05) is 0 Å². The topological polar surface area (TPSA) is 56.8 Å². The molecule has 0 radical (unpaired) electrons. The van der Waals surface area contributed by atoms with Crippen molar-refractivity contribution >= 4 is 0 Å². The Kier molecular flexibility index (Phi) is 12.0. The van der Waals surface area contributed by atoms with Crippen LogP contribution in [0.5, 0.6) is 0 Å². The van der Waals surface area contributed by atoms with Gasteiger partial charge in [-0.1, -0.05) is 112 Å². The van der Waals surface area contributed by atoms with E-state index in [1.807, 2.05) is 48.5 Å². The van der Waals surface area contributed by atoms with Crippen LogP contribution in [0, 0.1) is 34.5 Å². The van der Waals surface area contributed by atoms with Gasteiger partial charge in [0, 0.05) is 0 Å². The van der Waals surface area contributed by atoms with Crippen LogP contribution in [0.15, 0.2) is 97.1 Å². The molecule has 0 heterocycles. The van der Waals surface area contributed by atoms with Gasteiger partial charge in [-0.25, -0.2) is 0 Å². The molecule has 49 heavy (non-hydrogen) atoms. The number of nitriles is 2. The Morgan fingerprint density at radius 3 is 1.08 bits per heavy atom. The summed E-state index contributed by atoms with van der Waals surface area (Å²) in [6.07, 6.45) is 15.1. The van der Waals surface area contributed by atoms with Crippen molar-refractivity contribution in [2.24, 2.45) is 11.8 Å². The van der Waals surface area contributed by atoms with Gasteiger partial charge in [0.05, 0.1) is 23.3 Å². The molecule has 0 aliphatic heterocycles. The molecule has 0 amide bonds. The van der Waals surface area contributed by atoms with Crippen LogP contribution in [0.1, 0.15) is 159 Å². The lowest BCUT2D eigenvalue weighted by Gasteiger charge is -2.30. The van der Waals surface area contributed by atoms with Gasteiger partial charge in [0.2, 0.25) is 0 Å². The molecule has 3 nitrogen and oxygen atoms in total. The predicted molar refractivity (Wildman–Crippen MR) is 199 cm³/mol. The Balaban J connectivity index is 1.29. The first-order valence-corrected chi connectivity index (χ1v) is 18.9. The van der Waals surface area contributed by atoms with Gasteiger partial charge in [-0.05, 0) is 133 Å². The SMILES string of the molecule is CCCC1CCC(c2ccc(C(OC(c3ccc(C#N)cc3)c3ccc(C4CCC(CCC)CC4)cc3)c3ccc(C#N)cc3)cc2)CC1. The van der Waals surface area contributed by atoms with Gasteiger partial charge in [0.1, 0.15) is 12.2 Å². The highest BCUT2D eigenvalue weighted by molar-refractivity contribution is 5.41. The van der Waals surface area contributed by atoms with Gasteiger partial charge in [-0.2, -0.15) is 10.5 Å². The fourth-order valence-corrected chi connectivity index (χ4v) is 8.57. The molecule has 2 fully saturated rings. The predicted octanol–water partition coefficient (Wildman–Crippen LogP) is 12.5. The second kappa shape index (κ2) is 17.0. The summed E-state index contributed by atoms with van der Waals surface area (Å²) in [7, 11) is 0. The molecule has 0 saturated heterocycles. The average molecular weight is 649 g/mol. The highest BCUT2D eigenvalue weighted by Crippen LogP contribution is 2.41. The first-order chi connectivity index (χ1) is 24.1. The maximum Gasteiger partial charge on any atom is 0.109 e. The molecule has 0 spiro atoms. The van der Waals surface area contributed by atoms with Gasteiger partial charge in [-0.3, -0.25) is 0 Å². The minimum absolute atomic E-state index is 0.337. The van der Waals surface area contributed by atoms with E-state index in [0.717, 1.165) is 34.1 Å². The molecular formula is C46H52N2O. The smallest absolute Gasteiger partial charge is 0.109 e. The normalized spacial score (nSPS) is 22.0. The number of rotatable bonds is 12.